The van der Waals surface area contributed by atoms with Gasteiger partial charge in [0.1, 0.15) is 23.7 Å². The first-order valence-corrected chi connectivity index (χ1v) is 23.6. The Balaban J connectivity index is 0.685. The van der Waals surface area contributed by atoms with Gasteiger partial charge in [-0.3, -0.25) is 24.7 Å². The zero-order valence-electron chi connectivity index (χ0n) is 38.1. The number of allylic oxidation sites excluding steroid dienone is 1. The van der Waals surface area contributed by atoms with Gasteiger partial charge in [0.05, 0.1) is 29.8 Å². The number of pyridine rings is 1. The molecule has 2 N–H and O–H groups in total. The molecule has 16 heteroatoms. The first-order chi connectivity index (χ1) is 31.9. The lowest BCUT2D eigenvalue weighted by Gasteiger charge is -2.39. The van der Waals surface area contributed by atoms with Gasteiger partial charge in [0.25, 0.3) is 17.5 Å². The van der Waals surface area contributed by atoms with Crippen LogP contribution < -0.4 is 21.1 Å². The van der Waals surface area contributed by atoms with Crippen LogP contribution in [0.25, 0.3) is 4.85 Å². The van der Waals surface area contributed by atoms with E-state index in [-0.39, 0.29) is 51.9 Å². The molecule has 348 valence electrons. The molecule has 8 heterocycles. The molecule has 4 unspecified atom stereocenters. The molecular weight excluding hydrogens is 846 g/mol. The number of ether oxygens (including phenoxy) is 1. The van der Waals surface area contributed by atoms with E-state index in [0.29, 0.717) is 82.6 Å². The highest BCUT2D eigenvalue weighted by Crippen LogP contribution is 2.42. The summed E-state index contributed by atoms with van der Waals surface area (Å²) in [6.07, 6.45) is 11.5. The summed E-state index contributed by atoms with van der Waals surface area (Å²) in [4.78, 5) is 46.6. The van der Waals surface area contributed by atoms with Crippen molar-refractivity contribution >= 4 is 28.8 Å². The molecule has 13 nitrogen and oxygen atoms in total. The third kappa shape index (κ3) is 8.33. The lowest BCUT2D eigenvalue weighted by atomic mass is 9.83. The molecule has 7 aliphatic rings. The lowest BCUT2D eigenvalue weighted by Crippen LogP contribution is -2.51. The van der Waals surface area contributed by atoms with Crippen molar-refractivity contribution in [2.45, 2.75) is 56.7 Å². The number of piperazine rings is 1. The van der Waals surface area contributed by atoms with Gasteiger partial charge in [-0.2, -0.15) is 0 Å². The molecule has 3 aromatic rings. The van der Waals surface area contributed by atoms with Gasteiger partial charge in [-0.1, -0.05) is 6.08 Å². The van der Waals surface area contributed by atoms with Gasteiger partial charge in [-0.15, -0.1) is 0 Å². The number of nitrogens with zero attached hydrogens (tertiary/aromatic N) is 8. The summed E-state index contributed by atoms with van der Waals surface area (Å²) < 4.78 is 54.3. The number of aliphatic imine (C=N–C) groups is 1. The molecule has 5 saturated heterocycles. The molecule has 66 heavy (non-hydrogen) atoms. The number of amides is 1. The van der Waals surface area contributed by atoms with Crippen LogP contribution in [-0.2, 0) is 10.3 Å². The summed E-state index contributed by atoms with van der Waals surface area (Å²) in [7, 11) is 3.79. The molecule has 4 atom stereocenters. The summed E-state index contributed by atoms with van der Waals surface area (Å²) in [5, 5.41) is 6.32. The maximum Gasteiger partial charge on any atom is 0.343 e. The molecule has 1 amide bonds. The molecule has 0 saturated carbocycles. The average molecular weight is 906 g/mol. The van der Waals surface area contributed by atoms with Gasteiger partial charge in [0.15, 0.2) is 11.2 Å². The Morgan fingerprint density at radius 1 is 0.955 bits per heavy atom. The third-order valence-corrected chi connectivity index (χ3v) is 15.5. The number of anilines is 2. The fourth-order valence-electron chi connectivity index (χ4n) is 11.3. The maximum atomic E-state index is 15.8. The molecule has 0 bridgehead atoms. The second kappa shape index (κ2) is 18.0. The Morgan fingerprint density at radius 3 is 2.38 bits per heavy atom. The highest BCUT2D eigenvalue weighted by atomic mass is 19.1. The van der Waals surface area contributed by atoms with Gasteiger partial charge in [-0.25, -0.2) is 18.2 Å². The second-order valence-electron chi connectivity index (χ2n) is 19.4. The number of likely N-dealkylation sites (N-methyl/N-ethyl adjacent to an activating group) is 1. The highest BCUT2D eigenvalue weighted by molar-refractivity contribution is 5.94. The number of hydrogen-bond donors (Lipinski definition) is 2. The smallest absolute Gasteiger partial charge is 0.343 e. The van der Waals surface area contributed by atoms with Crippen molar-refractivity contribution in [3.8, 4) is 6.07 Å². The summed E-state index contributed by atoms with van der Waals surface area (Å²) in [5.41, 5.74) is 2.16. The van der Waals surface area contributed by atoms with Crippen molar-refractivity contribution in [1.29, 1.82) is 0 Å². The largest absolute Gasteiger partial charge is 0.388 e. The van der Waals surface area contributed by atoms with Crippen LogP contribution in [0.1, 0.15) is 60.9 Å². The van der Waals surface area contributed by atoms with Gasteiger partial charge in [-0.05, 0) is 106 Å². The van der Waals surface area contributed by atoms with E-state index >= 15 is 13.2 Å². The number of amidine groups is 1. The number of carbonyl (C=O) groups is 1. The minimum absolute atomic E-state index is 0.0428. The number of benzene rings is 2. The topological polar surface area (TPSA) is 105 Å². The fraction of sp³-hybridized carbons (Fsp3) is 0.520. The molecule has 10 rings (SSSR count). The number of nitrogens with one attached hydrogen (secondary N) is 2. The Morgan fingerprint density at radius 2 is 1.71 bits per heavy atom. The van der Waals surface area contributed by atoms with E-state index in [0.717, 1.165) is 62.7 Å². The minimum Gasteiger partial charge on any atom is -0.388 e. The summed E-state index contributed by atoms with van der Waals surface area (Å²) in [6, 6.07) is 14.3. The minimum atomic E-state index is -0.655. The number of rotatable bonds is 9. The van der Waals surface area contributed by atoms with E-state index in [1.54, 1.807) is 28.8 Å². The number of hydrogen-bond acceptors (Lipinski definition) is 10. The summed E-state index contributed by atoms with van der Waals surface area (Å²) >= 11 is 0. The van der Waals surface area contributed by atoms with E-state index in [1.165, 1.54) is 18.2 Å². The van der Waals surface area contributed by atoms with E-state index in [9.17, 15) is 9.59 Å². The fourth-order valence-corrected chi connectivity index (χ4v) is 11.3. The third-order valence-electron chi connectivity index (χ3n) is 15.5. The Labute approximate surface area is 384 Å². The van der Waals surface area contributed by atoms with Crippen LogP contribution in [0.5, 0.6) is 0 Å². The van der Waals surface area contributed by atoms with Crippen LogP contribution >= 0.6 is 0 Å². The van der Waals surface area contributed by atoms with Crippen LogP contribution in [0.3, 0.4) is 0 Å². The standard InChI is InChI=1S/C50H59F3N10O3/c1-49(63-19-10-36(54-2)27-44(63)64)11-13-55-46-39(49)28-38(58(46)3)30-59-15-8-34(9-16-59)45-41(52)24-35(25-42(45)53)47(65)62-17-6-33(7-18-62)29-60-20-22-61(23-21-60)43-5-4-37(26-40(43)51)57-31-50-12-14-56-48(50)66-32-50/h4-5,10-11,13,19,24-28,33-34,39,48,56H,6-9,12,14-18,20-23,29-30,32H2,1-3H3/p+1. The van der Waals surface area contributed by atoms with Crippen LogP contribution in [0.15, 0.2) is 82.5 Å². The molecule has 0 spiro atoms. The Hall–Kier alpha value is -5.47. The zero-order valence-corrected chi connectivity index (χ0v) is 38.1. The van der Waals surface area contributed by atoms with Gasteiger partial charge >= 0.3 is 5.69 Å². The summed E-state index contributed by atoms with van der Waals surface area (Å²) in [5.74, 6) is -1.08. The second-order valence-corrected chi connectivity index (χ2v) is 19.4. The predicted octanol–water partition coefficient (Wildman–Crippen LogP) is 6.25. The van der Waals surface area contributed by atoms with Crippen molar-refractivity contribution in [2.75, 3.05) is 103 Å². The zero-order chi connectivity index (χ0) is 45.7. The average Bonchev–Trinajstić information content (AvgIpc) is 3.79. The molecular formula is C50H60F3N10O3+. The monoisotopic (exact) mass is 905 g/mol. The van der Waals surface area contributed by atoms with Crippen LogP contribution in [0, 0.1) is 40.8 Å². The number of fused-ring (bicyclic) bond motifs is 2. The lowest BCUT2D eigenvalue weighted by molar-refractivity contribution is -0.145. The van der Waals surface area contributed by atoms with Crippen molar-refractivity contribution in [1.82, 2.24) is 29.5 Å². The number of halogens is 3. The van der Waals surface area contributed by atoms with Crippen molar-refractivity contribution in [3.63, 3.8) is 0 Å². The number of piperidine rings is 2. The van der Waals surface area contributed by atoms with Crippen molar-refractivity contribution < 1.29 is 22.7 Å². The number of carbonyl (C=O) groups excluding carboxylic acids is 1. The summed E-state index contributed by atoms with van der Waals surface area (Å²) in [6.45, 7) is 10.5. The van der Waals surface area contributed by atoms with Crippen LogP contribution in [-0.4, -0.2) is 135 Å². The molecule has 1 aromatic heterocycles. The molecule has 7 aliphatic heterocycles. The van der Waals surface area contributed by atoms with E-state index < -0.39 is 17.2 Å². The quantitative estimate of drug-likeness (QED) is 0.258. The predicted molar refractivity (Wildman–Crippen MR) is 250 cm³/mol. The van der Waals surface area contributed by atoms with Gasteiger partial charge < -0.3 is 29.3 Å². The number of aromatic nitrogens is 1. The SMILES string of the molecule is CNc1ccn(C2(C)C=CN=C3C2C=C(CN2CCC(c4c(F)cc(C(=O)N5CCC(CN6CCN(c7ccc([N+]#CC89CCNC8OC9)cc7F)CC6)CC5)cc4F)CC2)N3C)c(=O)c1. The van der Waals surface area contributed by atoms with Crippen molar-refractivity contribution in [3.05, 3.63) is 116 Å². The van der Waals surface area contributed by atoms with Gasteiger partial charge in [0.2, 0.25) is 0 Å². The number of likely N-dealkylation sites (tertiary alicyclic amines) is 2. The Kier molecular flexibility index (Phi) is 12.1. The normalized spacial score (nSPS) is 27.2. The highest BCUT2D eigenvalue weighted by Gasteiger charge is 2.56. The molecule has 5 fully saturated rings. The van der Waals surface area contributed by atoms with E-state index in [4.69, 9.17) is 9.73 Å². The van der Waals surface area contributed by atoms with Crippen molar-refractivity contribution in [2.24, 2.45) is 22.2 Å². The van der Waals surface area contributed by atoms with Crippen LogP contribution in [0.4, 0.5) is 30.2 Å². The van der Waals surface area contributed by atoms with Crippen LogP contribution in [0.2, 0.25) is 0 Å². The molecule has 2 aromatic carbocycles. The Bertz CT molecular complexity index is 2560. The molecule has 0 radical (unpaired) electrons. The van der Waals surface area contributed by atoms with E-state index in [2.05, 4.69) is 54.1 Å². The maximum absolute atomic E-state index is 15.8. The van der Waals surface area contributed by atoms with E-state index in [1.807, 2.05) is 37.5 Å². The van der Waals surface area contributed by atoms with Gasteiger partial charge in [0, 0.05) is 113 Å². The first-order valence-electron chi connectivity index (χ1n) is 23.6. The first kappa shape index (κ1) is 44.4. The molecule has 0 aliphatic carbocycles.